The number of nitro benzene ring substituents is 1. The van der Waals surface area contributed by atoms with Crippen LogP contribution in [0.2, 0.25) is 0 Å². The van der Waals surface area contributed by atoms with E-state index in [1.54, 1.807) is 0 Å². The molecule has 1 heterocycles. The summed E-state index contributed by atoms with van der Waals surface area (Å²) in [5, 5.41) is 35.0. The molecule has 2 bridgehead atoms. The summed E-state index contributed by atoms with van der Waals surface area (Å²) in [6, 6.07) is 1.76. The predicted octanol–water partition coefficient (Wildman–Crippen LogP) is 1.54. The number of allylic oxidation sites excluding steroid dienone is 2. The second kappa shape index (κ2) is 4.93. The van der Waals surface area contributed by atoms with Crippen LogP contribution in [-0.2, 0) is 9.59 Å². The van der Waals surface area contributed by atoms with Crippen molar-refractivity contribution >= 4 is 23.7 Å². The first kappa shape index (κ1) is 16.0. The molecule has 1 saturated heterocycles. The molecule has 0 unspecified atom stereocenters. The van der Waals surface area contributed by atoms with Crippen LogP contribution in [0.1, 0.15) is 18.4 Å². The fraction of sp³-hybridized carbons (Fsp3) is 0.389. The maximum absolute atomic E-state index is 12.8. The van der Waals surface area contributed by atoms with Gasteiger partial charge < -0.3 is 10.2 Å². The monoisotopic (exact) mass is 369 g/mol. The number of phenols is 2. The van der Waals surface area contributed by atoms with Crippen molar-refractivity contribution in [1.29, 1.82) is 0 Å². The molecule has 5 rings (SSSR count). The highest BCUT2D eigenvalue weighted by atomic mass is 16.6. The van der Waals surface area contributed by atoms with Crippen LogP contribution in [0.25, 0.3) is 0 Å². The first-order valence-corrected chi connectivity index (χ1v) is 8.65. The van der Waals surface area contributed by atoms with Gasteiger partial charge in [-0.05, 0) is 30.1 Å². The molecule has 1 aromatic rings. The molecule has 2 amide bonds. The van der Waals surface area contributed by atoms with E-state index in [0.717, 1.165) is 36.2 Å². The summed E-state index contributed by atoms with van der Waals surface area (Å²) in [6.07, 6.45) is 7.20. The number of nitrogens with zero attached hydrogens (tertiary/aromatic N) is 3. The Morgan fingerprint density at radius 3 is 2.22 bits per heavy atom. The van der Waals surface area contributed by atoms with Crippen molar-refractivity contribution in [3.05, 3.63) is 40.0 Å². The molecule has 2 saturated carbocycles. The molecule has 1 aromatic carbocycles. The lowest BCUT2D eigenvalue weighted by Gasteiger charge is -2.18. The third-order valence-corrected chi connectivity index (χ3v) is 6.46. The average Bonchev–Trinajstić information content (AvgIpc) is 3.21. The Hall–Kier alpha value is -3.23. The molecule has 3 aliphatic carbocycles. The van der Waals surface area contributed by atoms with E-state index >= 15 is 0 Å². The molecule has 1 spiro atoms. The van der Waals surface area contributed by atoms with Gasteiger partial charge in [-0.1, -0.05) is 12.2 Å². The summed E-state index contributed by atoms with van der Waals surface area (Å²) in [4.78, 5) is 35.7. The molecule has 4 aliphatic rings. The van der Waals surface area contributed by atoms with Crippen LogP contribution >= 0.6 is 0 Å². The van der Waals surface area contributed by atoms with Crippen LogP contribution in [0.3, 0.4) is 0 Å². The normalized spacial score (nSPS) is 32.1. The minimum Gasteiger partial charge on any atom is -0.507 e. The quantitative estimate of drug-likeness (QED) is 0.273. The van der Waals surface area contributed by atoms with Gasteiger partial charge in [0.25, 0.3) is 11.8 Å². The first-order valence-electron chi connectivity index (χ1n) is 8.65. The molecule has 138 valence electrons. The molecule has 9 nitrogen and oxygen atoms in total. The van der Waals surface area contributed by atoms with Crippen LogP contribution in [0, 0.1) is 39.2 Å². The lowest BCUT2D eigenvalue weighted by molar-refractivity contribution is -0.385. The summed E-state index contributed by atoms with van der Waals surface area (Å²) < 4.78 is 0. The molecule has 9 heteroatoms. The number of nitro groups is 1. The number of fused-ring (bicyclic) bond motifs is 3. The van der Waals surface area contributed by atoms with E-state index in [1.165, 1.54) is 0 Å². The van der Waals surface area contributed by atoms with Crippen LogP contribution in [0.15, 0.2) is 29.4 Å². The van der Waals surface area contributed by atoms with Crippen molar-refractivity contribution in [3.63, 3.8) is 0 Å². The van der Waals surface area contributed by atoms with E-state index in [2.05, 4.69) is 5.10 Å². The molecule has 0 radical (unpaired) electrons. The fourth-order valence-corrected chi connectivity index (χ4v) is 5.13. The number of hydrogen-bond donors (Lipinski definition) is 2. The number of carbonyl (C=O) groups excluding carboxylic acids is 2. The molecule has 0 aromatic heterocycles. The van der Waals surface area contributed by atoms with Crippen molar-refractivity contribution < 1.29 is 24.7 Å². The number of hydrogen-bond acceptors (Lipinski definition) is 7. The predicted molar refractivity (Wildman–Crippen MR) is 90.6 cm³/mol. The third kappa shape index (κ3) is 1.91. The summed E-state index contributed by atoms with van der Waals surface area (Å²) in [5.74, 6) is -2.49. The zero-order valence-corrected chi connectivity index (χ0v) is 14.0. The number of hydrazone groups is 1. The summed E-state index contributed by atoms with van der Waals surface area (Å²) >= 11 is 0. The van der Waals surface area contributed by atoms with Crippen LogP contribution < -0.4 is 0 Å². The number of amides is 2. The minimum absolute atomic E-state index is 0.0723. The highest BCUT2D eigenvalue weighted by molar-refractivity contribution is 6.07. The zero-order chi connectivity index (χ0) is 19.1. The smallest absolute Gasteiger partial charge is 0.311 e. The van der Waals surface area contributed by atoms with E-state index in [4.69, 9.17) is 0 Å². The lowest BCUT2D eigenvalue weighted by Crippen LogP contribution is -2.30. The topological polar surface area (TPSA) is 133 Å². The van der Waals surface area contributed by atoms with Gasteiger partial charge >= 0.3 is 5.69 Å². The number of aromatic hydroxyl groups is 2. The maximum atomic E-state index is 12.8. The minimum atomic E-state index is -0.804. The summed E-state index contributed by atoms with van der Waals surface area (Å²) in [6.45, 7) is 0. The van der Waals surface area contributed by atoms with E-state index < -0.39 is 33.9 Å². The molecule has 1 aliphatic heterocycles. The van der Waals surface area contributed by atoms with Gasteiger partial charge in [-0.2, -0.15) is 10.1 Å². The van der Waals surface area contributed by atoms with Crippen molar-refractivity contribution in [2.75, 3.05) is 0 Å². The van der Waals surface area contributed by atoms with Crippen molar-refractivity contribution in [2.24, 2.45) is 34.2 Å². The van der Waals surface area contributed by atoms with E-state index in [1.807, 2.05) is 12.2 Å². The number of phenolic OH excluding ortho intramolecular Hbond substituents is 2. The number of benzene rings is 1. The van der Waals surface area contributed by atoms with Gasteiger partial charge in [0.2, 0.25) is 0 Å². The average molecular weight is 369 g/mol. The molecule has 4 atom stereocenters. The maximum Gasteiger partial charge on any atom is 0.311 e. The van der Waals surface area contributed by atoms with Crippen LogP contribution in [0.4, 0.5) is 5.69 Å². The number of rotatable bonds is 3. The Bertz CT molecular complexity index is 946. The van der Waals surface area contributed by atoms with E-state index in [0.29, 0.717) is 0 Å². The van der Waals surface area contributed by atoms with Gasteiger partial charge in [-0.15, -0.1) is 0 Å². The third-order valence-electron chi connectivity index (χ3n) is 6.46. The van der Waals surface area contributed by atoms with Gasteiger partial charge in [-0.25, -0.2) is 0 Å². The molecule has 27 heavy (non-hydrogen) atoms. The zero-order valence-electron chi connectivity index (χ0n) is 14.0. The van der Waals surface area contributed by atoms with Gasteiger partial charge in [0.15, 0.2) is 5.75 Å². The summed E-state index contributed by atoms with van der Waals surface area (Å²) in [7, 11) is 0. The Morgan fingerprint density at radius 2 is 1.70 bits per heavy atom. The SMILES string of the molecule is O=C1[C@@H]2[C@@H](C(=O)N1N=Cc1cc([N+](=O)[O-])c(O)cc1O)[C@H]1C=C[C@H]2C12CC2. The highest BCUT2D eigenvalue weighted by Crippen LogP contribution is 2.73. The van der Waals surface area contributed by atoms with Gasteiger partial charge in [0, 0.05) is 17.7 Å². The van der Waals surface area contributed by atoms with Gasteiger partial charge in [0.05, 0.1) is 23.0 Å². The van der Waals surface area contributed by atoms with Crippen molar-refractivity contribution in [1.82, 2.24) is 5.01 Å². The molecular weight excluding hydrogens is 354 g/mol. The molecule has 2 N–H and O–H groups in total. The van der Waals surface area contributed by atoms with Crippen LogP contribution in [0.5, 0.6) is 11.5 Å². The highest BCUT2D eigenvalue weighted by Gasteiger charge is 2.73. The van der Waals surface area contributed by atoms with Gasteiger partial charge in [0.1, 0.15) is 5.75 Å². The standard InChI is InChI=1S/C18H15N3O6/c22-12-6-13(23)11(21(26)27)5-8(12)7-19-20-16(24)14-9-1-2-10(15(14)17(20)25)18(9)3-4-18/h1-2,5-7,9-10,14-15,22-23H,3-4H2/t9-,10-,14+,15+/m1/s1. The lowest BCUT2D eigenvalue weighted by atomic mass is 9.85. The Balaban J connectivity index is 1.45. The Morgan fingerprint density at radius 1 is 1.11 bits per heavy atom. The molecule has 3 fully saturated rings. The number of carbonyl (C=O) groups is 2. The van der Waals surface area contributed by atoms with E-state index in [9.17, 15) is 29.9 Å². The number of imide groups is 1. The Labute approximate surface area is 152 Å². The van der Waals surface area contributed by atoms with Crippen molar-refractivity contribution in [3.8, 4) is 11.5 Å². The Kier molecular flexibility index (Phi) is 2.92. The first-order chi connectivity index (χ1) is 12.8. The second-order valence-corrected chi connectivity index (χ2v) is 7.61. The molecular formula is C18H15N3O6. The van der Waals surface area contributed by atoms with Gasteiger partial charge in [-0.3, -0.25) is 19.7 Å². The fourth-order valence-electron chi connectivity index (χ4n) is 5.13. The second-order valence-electron chi connectivity index (χ2n) is 7.61. The van der Waals surface area contributed by atoms with E-state index in [-0.39, 0.29) is 34.6 Å². The summed E-state index contributed by atoms with van der Waals surface area (Å²) in [5.41, 5.74) is -0.591. The van der Waals surface area contributed by atoms with Crippen LogP contribution in [-0.4, -0.2) is 38.2 Å². The van der Waals surface area contributed by atoms with Crippen molar-refractivity contribution in [2.45, 2.75) is 12.8 Å². The largest absolute Gasteiger partial charge is 0.507 e.